The van der Waals surface area contributed by atoms with E-state index in [0.29, 0.717) is 12.4 Å². The number of hydrogen-bond donors (Lipinski definition) is 1. The summed E-state index contributed by atoms with van der Waals surface area (Å²) in [6.45, 7) is 2.82. The molecule has 0 saturated carbocycles. The van der Waals surface area contributed by atoms with Gasteiger partial charge in [-0.15, -0.1) is 11.3 Å². The molecule has 2 aromatic rings. The maximum Gasteiger partial charge on any atom is 0.287 e. The van der Waals surface area contributed by atoms with Crippen molar-refractivity contribution >= 4 is 22.8 Å². The lowest BCUT2D eigenvalue weighted by atomic mass is 10.4. The van der Waals surface area contributed by atoms with Crippen LogP contribution in [0.2, 0.25) is 0 Å². The first-order chi connectivity index (χ1) is 9.19. The van der Waals surface area contributed by atoms with Crippen molar-refractivity contribution < 1.29 is 4.92 Å². The van der Waals surface area contributed by atoms with E-state index in [2.05, 4.69) is 22.2 Å². The van der Waals surface area contributed by atoms with Gasteiger partial charge in [-0.3, -0.25) is 10.1 Å². The van der Waals surface area contributed by atoms with Crippen LogP contribution in [0.25, 0.3) is 0 Å². The molecule has 0 bridgehead atoms. The Bertz CT molecular complexity index is 553. The van der Waals surface area contributed by atoms with E-state index in [1.165, 1.54) is 17.1 Å². The SMILES string of the molecule is CCc1cnc(CCNc2ccc([N+](=O)[O-])cn2)s1. The number of thiazole rings is 1. The molecule has 0 spiro atoms. The lowest BCUT2D eigenvalue weighted by molar-refractivity contribution is -0.385. The van der Waals surface area contributed by atoms with Crippen molar-refractivity contribution in [3.05, 3.63) is 44.5 Å². The standard InChI is InChI=1S/C12H14N4O2S/c1-2-10-8-15-12(19-10)5-6-13-11-4-3-9(7-14-11)16(17)18/h3-4,7-8H,2,5-6H2,1H3,(H,13,14). The summed E-state index contributed by atoms with van der Waals surface area (Å²) < 4.78 is 0. The summed E-state index contributed by atoms with van der Waals surface area (Å²) in [6.07, 6.45) is 4.99. The number of aryl methyl sites for hydroxylation is 1. The number of nitrogens with zero attached hydrogens (tertiary/aromatic N) is 3. The van der Waals surface area contributed by atoms with Gasteiger partial charge in [0.05, 0.1) is 9.93 Å². The lowest BCUT2D eigenvalue weighted by Gasteiger charge is -2.03. The fourth-order valence-electron chi connectivity index (χ4n) is 1.52. The fraction of sp³-hybridized carbons (Fsp3) is 0.333. The smallest absolute Gasteiger partial charge is 0.287 e. The number of anilines is 1. The molecule has 19 heavy (non-hydrogen) atoms. The van der Waals surface area contributed by atoms with Gasteiger partial charge in [0.25, 0.3) is 5.69 Å². The van der Waals surface area contributed by atoms with Crippen molar-refractivity contribution in [1.82, 2.24) is 9.97 Å². The molecular formula is C12H14N4O2S. The Hall–Kier alpha value is -2.02. The van der Waals surface area contributed by atoms with Crippen LogP contribution in [0, 0.1) is 10.1 Å². The highest BCUT2D eigenvalue weighted by molar-refractivity contribution is 7.11. The summed E-state index contributed by atoms with van der Waals surface area (Å²) in [5.74, 6) is 0.637. The summed E-state index contributed by atoms with van der Waals surface area (Å²) in [5, 5.41) is 14.7. The first-order valence-corrected chi connectivity index (χ1v) is 6.78. The van der Waals surface area contributed by atoms with Gasteiger partial charge in [-0.25, -0.2) is 9.97 Å². The molecule has 0 fully saturated rings. The van der Waals surface area contributed by atoms with Crippen molar-refractivity contribution in [2.24, 2.45) is 0 Å². The molecule has 6 nitrogen and oxygen atoms in total. The first-order valence-electron chi connectivity index (χ1n) is 5.97. The summed E-state index contributed by atoms with van der Waals surface area (Å²) in [5.41, 5.74) is -0.00180. The van der Waals surface area contributed by atoms with Gasteiger partial charge in [0.1, 0.15) is 12.0 Å². The van der Waals surface area contributed by atoms with Gasteiger partial charge in [0.2, 0.25) is 0 Å². The third-order valence-corrected chi connectivity index (χ3v) is 3.76. The van der Waals surface area contributed by atoms with Crippen molar-refractivity contribution in [2.45, 2.75) is 19.8 Å². The number of hydrogen-bond acceptors (Lipinski definition) is 6. The van der Waals surface area contributed by atoms with Crippen molar-refractivity contribution in [3.8, 4) is 0 Å². The molecule has 2 aromatic heterocycles. The zero-order valence-electron chi connectivity index (χ0n) is 10.5. The molecule has 1 N–H and O–H groups in total. The van der Waals surface area contributed by atoms with Crippen LogP contribution in [0.3, 0.4) is 0 Å². The second kappa shape index (κ2) is 6.24. The van der Waals surface area contributed by atoms with Crippen LogP contribution in [0.1, 0.15) is 16.8 Å². The Morgan fingerprint density at radius 3 is 2.79 bits per heavy atom. The topological polar surface area (TPSA) is 81.0 Å². The molecular weight excluding hydrogens is 264 g/mol. The third kappa shape index (κ3) is 3.72. The van der Waals surface area contributed by atoms with E-state index >= 15 is 0 Å². The molecule has 0 aliphatic carbocycles. The molecule has 2 rings (SSSR count). The zero-order valence-corrected chi connectivity index (χ0v) is 11.3. The summed E-state index contributed by atoms with van der Waals surface area (Å²) >= 11 is 1.71. The maximum atomic E-state index is 10.5. The average molecular weight is 278 g/mol. The molecule has 0 amide bonds. The van der Waals surface area contributed by atoms with Gasteiger partial charge >= 0.3 is 0 Å². The average Bonchev–Trinajstić information content (AvgIpc) is 2.87. The van der Waals surface area contributed by atoms with E-state index in [-0.39, 0.29) is 5.69 Å². The first kappa shape index (κ1) is 13.4. The van der Waals surface area contributed by atoms with Gasteiger partial charge in [-0.05, 0) is 12.5 Å². The fourth-order valence-corrected chi connectivity index (χ4v) is 2.39. The largest absolute Gasteiger partial charge is 0.370 e. The monoisotopic (exact) mass is 278 g/mol. The van der Waals surface area contributed by atoms with Crippen molar-refractivity contribution in [3.63, 3.8) is 0 Å². The molecule has 0 atom stereocenters. The lowest BCUT2D eigenvalue weighted by Crippen LogP contribution is -2.06. The second-order valence-corrected chi connectivity index (χ2v) is 5.11. The Kier molecular flexibility index (Phi) is 4.40. The highest BCUT2D eigenvalue weighted by atomic mass is 32.1. The van der Waals surface area contributed by atoms with Crippen LogP contribution in [-0.2, 0) is 12.8 Å². The van der Waals surface area contributed by atoms with Gasteiger partial charge in [0, 0.05) is 30.1 Å². The van der Waals surface area contributed by atoms with Crippen LogP contribution < -0.4 is 5.32 Å². The van der Waals surface area contributed by atoms with Crippen LogP contribution in [-0.4, -0.2) is 21.4 Å². The van der Waals surface area contributed by atoms with E-state index in [1.807, 2.05) is 6.20 Å². The molecule has 0 radical (unpaired) electrons. The normalized spacial score (nSPS) is 10.4. The number of pyridine rings is 1. The van der Waals surface area contributed by atoms with Gasteiger partial charge < -0.3 is 5.32 Å². The zero-order chi connectivity index (χ0) is 13.7. The van der Waals surface area contributed by atoms with Crippen LogP contribution >= 0.6 is 11.3 Å². The van der Waals surface area contributed by atoms with Gasteiger partial charge in [-0.2, -0.15) is 0 Å². The molecule has 7 heteroatoms. The summed E-state index contributed by atoms with van der Waals surface area (Å²) in [7, 11) is 0. The minimum Gasteiger partial charge on any atom is -0.370 e. The van der Waals surface area contributed by atoms with E-state index in [1.54, 1.807) is 17.4 Å². The molecule has 100 valence electrons. The maximum absolute atomic E-state index is 10.5. The van der Waals surface area contributed by atoms with Gasteiger partial charge in [0.15, 0.2) is 0 Å². The van der Waals surface area contributed by atoms with Crippen LogP contribution in [0.5, 0.6) is 0 Å². The Labute approximate surface area is 114 Å². The van der Waals surface area contributed by atoms with Gasteiger partial charge in [-0.1, -0.05) is 6.92 Å². The van der Waals surface area contributed by atoms with Crippen molar-refractivity contribution in [1.29, 1.82) is 0 Å². The summed E-state index contributed by atoms with van der Waals surface area (Å²) in [6, 6.07) is 3.05. The predicted molar refractivity (Wildman–Crippen MR) is 74.6 cm³/mol. The second-order valence-electron chi connectivity index (χ2n) is 3.91. The Balaban J connectivity index is 1.83. The van der Waals surface area contributed by atoms with E-state index in [0.717, 1.165) is 17.8 Å². The quantitative estimate of drug-likeness (QED) is 0.649. The van der Waals surface area contributed by atoms with E-state index < -0.39 is 4.92 Å². The molecule has 0 saturated heterocycles. The Morgan fingerprint density at radius 1 is 1.37 bits per heavy atom. The van der Waals surface area contributed by atoms with Crippen LogP contribution in [0.15, 0.2) is 24.5 Å². The molecule has 2 heterocycles. The number of nitro groups is 1. The summed E-state index contributed by atoms with van der Waals surface area (Å²) in [4.78, 5) is 19.6. The van der Waals surface area contributed by atoms with E-state index in [9.17, 15) is 10.1 Å². The minimum absolute atomic E-state index is 0.00180. The molecule has 0 aliphatic rings. The highest BCUT2D eigenvalue weighted by Gasteiger charge is 2.05. The third-order valence-electron chi connectivity index (χ3n) is 2.55. The highest BCUT2D eigenvalue weighted by Crippen LogP contribution is 2.15. The number of aromatic nitrogens is 2. The molecule has 0 aliphatic heterocycles. The minimum atomic E-state index is -0.460. The predicted octanol–water partition coefficient (Wildman–Crippen LogP) is 2.66. The van der Waals surface area contributed by atoms with E-state index in [4.69, 9.17) is 0 Å². The molecule has 0 aromatic carbocycles. The number of rotatable bonds is 6. The van der Waals surface area contributed by atoms with Crippen LogP contribution in [0.4, 0.5) is 11.5 Å². The molecule has 0 unspecified atom stereocenters. The number of nitrogens with one attached hydrogen (secondary N) is 1. The Morgan fingerprint density at radius 2 is 2.21 bits per heavy atom. The van der Waals surface area contributed by atoms with Crippen molar-refractivity contribution in [2.75, 3.05) is 11.9 Å².